The first kappa shape index (κ1) is 23.3. The molecule has 2 rings (SSSR count). The Bertz CT molecular complexity index is 625. The highest BCUT2D eigenvalue weighted by molar-refractivity contribution is 14.0. The van der Waals surface area contributed by atoms with E-state index in [1.54, 1.807) is 11.9 Å². The summed E-state index contributed by atoms with van der Waals surface area (Å²) in [6.45, 7) is 4.19. The van der Waals surface area contributed by atoms with Crippen LogP contribution in [0.3, 0.4) is 0 Å². The smallest absolute Gasteiger partial charge is 0.409 e. The van der Waals surface area contributed by atoms with Crippen molar-refractivity contribution >= 4 is 63.6 Å². The molecule has 6 nitrogen and oxygen atoms in total. The van der Waals surface area contributed by atoms with Crippen molar-refractivity contribution in [3.8, 4) is 0 Å². The fourth-order valence-corrected chi connectivity index (χ4v) is 3.39. The zero-order chi connectivity index (χ0) is 18.2. The van der Waals surface area contributed by atoms with E-state index in [1.165, 1.54) is 0 Å². The van der Waals surface area contributed by atoms with Crippen LogP contribution in [0.1, 0.15) is 25.3 Å². The van der Waals surface area contributed by atoms with E-state index in [9.17, 15) is 4.79 Å². The predicted molar refractivity (Wildman–Crippen MR) is 120 cm³/mol. The van der Waals surface area contributed by atoms with E-state index < -0.39 is 0 Å². The molecule has 9 heteroatoms. The third kappa shape index (κ3) is 7.11. The van der Waals surface area contributed by atoms with Crippen LogP contribution in [0.15, 0.2) is 27.7 Å². The number of carbonyl (C=O) groups excluding carboxylic acids is 1. The van der Waals surface area contributed by atoms with Gasteiger partial charge in [-0.2, -0.15) is 0 Å². The number of rotatable bonds is 4. The molecule has 0 aliphatic carbocycles. The number of nitrogens with zero attached hydrogens (tertiary/aromatic N) is 2. The van der Waals surface area contributed by atoms with Crippen molar-refractivity contribution in [2.24, 2.45) is 4.99 Å². The van der Waals surface area contributed by atoms with E-state index in [2.05, 4.69) is 31.6 Å². The first-order chi connectivity index (χ1) is 12.0. The first-order valence-electron chi connectivity index (χ1n) is 8.36. The molecule has 0 saturated carbocycles. The summed E-state index contributed by atoms with van der Waals surface area (Å²) in [5.74, 6) is 0.730. The third-order valence-electron chi connectivity index (χ3n) is 4.05. The van der Waals surface area contributed by atoms with Crippen molar-refractivity contribution in [3.63, 3.8) is 0 Å². The SMILES string of the molecule is CCOC(=O)N1CCC(NC(=NC)NCc2ccc(Br)cc2Cl)CC1.I. The molecule has 0 bridgehead atoms. The average molecular weight is 560 g/mol. The first-order valence-corrected chi connectivity index (χ1v) is 9.53. The van der Waals surface area contributed by atoms with Crippen molar-refractivity contribution < 1.29 is 9.53 Å². The van der Waals surface area contributed by atoms with Gasteiger partial charge in [0.25, 0.3) is 0 Å². The van der Waals surface area contributed by atoms with Gasteiger partial charge in [0.05, 0.1) is 6.61 Å². The average Bonchev–Trinajstić information content (AvgIpc) is 2.60. The second-order valence-corrected chi connectivity index (χ2v) is 7.09. The van der Waals surface area contributed by atoms with Gasteiger partial charge in [0.15, 0.2) is 5.96 Å². The summed E-state index contributed by atoms with van der Waals surface area (Å²) >= 11 is 9.64. The summed E-state index contributed by atoms with van der Waals surface area (Å²) in [5, 5.41) is 7.40. The number of amides is 1. The van der Waals surface area contributed by atoms with Crippen LogP contribution in [0, 0.1) is 0 Å². The van der Waals surface area contributed by atoms with Crippen LogP contribution in [0.2, 0.25) is 5.02 Å². The number of carbonyl (C=O) groups is 1. The molecule has 1 aromatic carbocycles. The van der Waals surface area contributed by atoms with Crippen LogP contribution in [0.25, 0.3) is 0 Å². The maximum absolute atomic E-state index is 11.7. The fourth-order valence-electron chi connectivity index (χ4n) is 2.65. The van der Waals surface area contributed by atoms with E-state index in [0.29, 0.717) is 31.3 Å². The Kier molecular flexibility index (Phi) is 10.6. The maximum atomic E-state index is 11.7. The molecule has 2 N–H and O–H groups in total. The van der Waals surface area contributed by atoms with Gasteiger partial charge in [0, 0.05) is 42.2 Å². The normalized spacial score (nSPS) is 15.2. The lowest BCUT2D eigenvalue weighted by molar-refractivity contribution is 0.0963. The van der Waals surface area contributed by atoms with Crippen molar-refractivity contribution in [3.05, 3.63) is 33.3 Å². The molecule has 146 valence electrons. The number of likely N-dealkylation sites (tertiary alicyclic amines) is 1. The molecule has 1 aromatic rings. The largest absolute Gasteiger partial charge is 0.450 e. The van der Waals surface area contributed by atoms with Crippen LogP contribution < -0.4 is 10.6 Å². The summed E-state index contributed by atoms with van der Waals surface area (Å²) in [5.41, 5.74) is 1.00. The minimum atomic E-state index is -0.228. The van der Waals surface area contributed by atoms with E-state index in [0.717, 1.165) is 28.8 Å². The molecular formula is C17H25BrClIN4O2. The van der Waals surface area contributed by atoms with E-state index in [1.807, 2.05) is 25.1 Å². The number of halogens is 3. The van der Waals surface area contributed by atoms with Crippen LogP contribution in [0.5, 0.6) is 0 Å². The molecule has 0 radical (unpaired) electrons. The second kappa shape index (κ2) is 11.9. The molecule has 1 saturated heterocycles. The fraction of sp³-hybridized carbons (Fsp3) is 0.529. The van der Waals surface area contributed by atoms with Gasteiger partial charge < -0.3 is 20.3 Å². The topological polar surface area (TPSA) is 66.0 Å². The number of guanidine groups is 1. The molecule has 1 heterocycles. The predicted octanol–water partition coefficient (Wildman–Crippen LogP) is 4.01. The Hall–Kier alpha value is -0.740. The summed E-state index contributed by atoms with van der Waals surface area (Å²) in [4.78, 5) is 17.7. The van der Waals surface area contributed by atoms with E-state index in [-0.39, 0.29) is 36.1 Å². The van der Waals surface area contributed by atoms with Crippen LogP contribution in [0.4, 0.5) is 4.79 Å². The van der Waals surface area contributed by atoms with Gasteiger partial charge in [0.2, 0.25) is 0 Å². The molecule has 0 unspecified atom stereocenters. The highest BCUT2D eigenvalue weighted by Gasteiger charge is 2.24. The van der Waals surface area contributed by atoms with Gasteiger partial charge in [-0.05, 0) is 37.5 Å². The van der Waals surface area contributed by atoms with Crippen molar-refractivity contribution in [1.29, 1.82) is 0 Å². The van der Waals surface area contributed by atoms with Crippen molar-refractivity contribution in [1.82, 2.24) is 15.5 Å². The summed E-state index contributed by atoms with van der Waals surface area (Å²) < 4.78 is 6.00. The monoisotopic (exact) mass is 558 g/mol. The number of ether oxygens (including phenoxy) is 1. The third-order valence-corrected chi connectivity index (χ3v) is 4.89. The Labute approximate surface area is 185 Å². The molecule has 0 aromatic heterocycles. The molecular weight excluding hydrogens is 534 g/mol. The van der Waals surface area contributed by atoms with Crippen LogP contribution in [-0.4, -0.2) is 49.7 Å². The van der Waals surface area contributed by atoms with E-state index in [4.69, 9.17) is 16.3 Å². The van der Waals surface area contributed by atoms with Crippen LogP contribution >= 0.6 is 51.5 Å². The highest BCUT2D eigenvalue weighted by atomic mass is 127. The summed E-state index contributed by atoms with van der Waals surface area (Å²) in [7, 11) is 1.74. The van der Waals surface area contributed by atoms with E-state index >= 15 is 0 Å². The number of nitrogens with one attached hydrogen (secondary N) is 2. The standard InChI is InChI=1S/C17H24BrClN4O2.HI/c1-3-25-17(24)23-8-6-14(7-9-23)22-16(20-2)21-11-12-4-5-13(18)10-15(12)19;/h4-5,10,14H,3,6-9,11H2,1-2H3,(H2,20,21,22);1H. The Morgan fingerprint density at radius 3 is 2.69 bits per heavy atom. The number of benzene rings is 1. The molecule has 1 amide bonds. The maximum Gasteiger partial charge on any atom is 0.409 e. The number of hydrogen-bond donors (Lipinski definition) is 2. The van der Waals surface area contributed by atoms with Crippen molar-refractivity contribution in [2.75, 3.05) is 26.7 Å². The lowest BCUT2D eigenvalue weighted by atomic mass is 10.1. The minimum absolute atomic E-state index is 0. The zero-order valence-corrected chi connectivity index (χ0v) is 19.6. The lowest BCUT2D eigenvalue weighted by Gasteiger charge is -2.32. The van der Waals surface area contributed by atoms with Gasteiger partial charge in [-0.1, -0.05) is 33.6 Å². The number of hydrogen-bond acceptors (Lipinski definition) is 3. The molecule has 1 aliphatic rings. The molecule has 0 spiro atoms. The van der Waals surface area contributed by atoms with Crippen LogP contribution in [-0.2, 0) is 11.3 Å². The summed E-state index contributed by atoms with van der Waals surface area (Å²) in [6.07, 6.45) is 1.49. The molecule has 0 atom stereocenters. The molecule has 1 aliphatic heterocycles. The van der Waals surface area contributed by atoms with Gasteiger partial charge in [-0.25, -0.2) is 4.79 Å². The lowest BCUT2D eigenvalue weighted by Crippen LogP contribution is -2.49. The van der Waals surface area contributed by atoms with Gasteiger partial charge in [-0.3, -0.25) is 4.99 Å². The Morgan fingerprint density at radius 1 is 1.42 bits per heavy atom. The number of aliphatic imine (C=N–C) groups is 1. The quantitative estimate of drug-likeness (QED) is 0.333. The second-order valence-electron chi connectivity index (χ2n) is 5.77. The molecule has 26 heavy (non-hydrogen) atoms. The Morgan fingerprint density at radius 2 is 2.12 bits per heavy atom. The van der Waals surface area contributed by atoms with Gasteiger partial charge in [0.1, 0.15) is 0 Å². The van der Waals surface area contributed by atoms with Gasteiger partial charge >= 0.3 is 6.09 Å². The summed E-state index contributed by atoms with van der Waals surface area (Å²) in [6, 6.07) is 6.09. The molecule has 1 fully saturated rings. The minimum Gasteiger partial charge on any atom is -0.450 e. The van der Waals surface area contributed by atoms with Gasteiger partial charge in [-0.15, -0.1) is 24.0 Å². The zero-order valence-electron chi connectivity index (χ0n) is 14.9. The highest BCUT2D eigenvalue weighted by Crippen LogP contribution is 2.21. The van der Waals surface area contributed by atoms with Crippen molar-refractivity contribution in [2.45, 2.75) is 32.4 Å². The Balaban J connectivity index is 0.00000338. The number of piperidine rings is 1.